The molecular weight excluding hydrogens is 366 g/mol. The third-order valence-corrected chi connectivity index (χ3v) is 5.04. The molecule has 2 aromatic carbocycles. The number of likely N-dealkylation sites (tertiary alicyclic amines) is 1. The predicted octanol–water partition coefficient (Wildman–Crippen LogP) is 4.31. The van der Waals surface area contributed by atoms with E-state index in [1.165, 1.54) is 5.56 Å². The number of carbonyl (C=O) groups is 1. The van der Waals surface area contributed by atoms with E-state index in [1.54, 1.807) is 0 Å². The number of nitrogens with zero attached hydrogens (tertiary/aromatic N) is 1. The molecule has 0 bridgehead atoms. The van der Waals surface area contributed by atoms with E-state index >= 15 is 0 Å². The van der Waals surface area contributed by atoms with Crippen molar-refractivity contribution < 1.29 is 9.53 Å². The summed E-state index contributed by atoms with van der Waals surface area (Å²) in [6.07, 6.45) is 3.25. The van der Waals surface area contributed by atoms with Gasteiger partial charge < -0.3 is 9.64 Å². The molecule has 1 fully saturated rings. The summed E-state index contributed by atoms with van der Waals surface area (Å²) in [4.78, 5) is 14.2. The van der Waals surface area contributed by atoms with E-state index in [-0.39, 0.29) is 12.5 Å². The van der Waals surface area contributed by atoms with E-state index in [0.29, 0.717) is 5.92 Å². The quantitative estimate of drug-likeness (QED) is 0.764. The van der Waals surface area contributed by atoms with Gasteiger partial charge in [0.15, 0.2) is 6.61 Å². The van der Waals surface area contributed by atoms with E-state index in [1.807, 2.05) is 29.2 Å². The van der Waals surface area contributed by atoms with Crippen molar-refractivity contribution in [3.8, 4) is 5.75 Å². The van der Waals surface area contributed by atoms with Crippen LogP contribution in [0.3, 0.4) is 0 Å². The van der Waals surface area contributed by atoms with E-state index in [9.17, 15) is 4.79 Å². The van der Waals surface area contributed by atoms with E-state index in [0.717, 1.165) is 42.6 Å². The number of rotatable bonds is 5. The number of ether oxygens (including phenoxy) is 1. The fourth-order valence-corrected chi connectivity index (χ4v) is 3.37. The van der Waals surface area contributed by atoms with Gasteiger partial charge in [-0.1, -0.05) is 46.3 Å². The zero-order valence-corrected chi connectivity index (χ0v) is 15.2. The standard InChI is InChI=1S/C20H22BrNO2/c21-18-6-8-19(9-7-18)24-15-20(23)22-12-10-17(11-13-22)14-16-4-2-1-3-5-16/h1-9,17H,10-15H2. The minimum Gasteiger partial charge on any atom is -0.484 e. The summed E-state index contributed by atoms with van der Waals surface area (Å²) in [5.41, 5.74) is 1.39. The van der Waals surface area contributed by atoms with Crippen molar-refractivity contribution >= 4 is 21.8 Å². The lowest BCUT2D eigenvalue weighted by Crippen LogP contribution is -2.41. The Kier molecular flexibility index (Phi) is 5.91. The smallest absolute Gasteiger partial charge is 0.260 e. The van der Waals surface area contributed by atoms with Crippen molar-refractivity contribution in [2.45, 2.75) is 19.3 Å². The van der Waals surface area contributed by atoms with Crippen LogP contribution in [-0.4, -0.2) is 30.5 Å². The lowest BCUT2D eigenvalue weighted by atomic mass is 9.90. The fourth-order valence-electron chi connectivity index (χ4n) is 3.10. The first-order chi connectivity index (χ1) is 11.7. The average molecular weight is 388 g/mol. The molecule has 1 aliphatic rings. The first-order valence-electron chi connectivity index (χ1n) is 8.41. The topological polar surface area (TPSA) is 29.5 Å². The third kappa shape index (κ3) is 4.84. The molecule has 1 heterocycles. The highest BCUT2D eigenvalue weighted by Crippen LogP contribution is 2.22. The summed E-state index contributed by atoms with van der Waals surface area (Å²) < 4.78 is 6.59. The first kappa shape index (κ1) is 17.0. The van der Waals surface area contributed by atoms with Crippen LogP contribution in [0.4, 0.5) is 0 Å². The van der Waals surface area contributed by atoms with E-state index in [2.05, 4.69) is 46.3 Å². The van der Waals surface area contributed by atoms with Gasteiger partial charge in [-0.15, -0.1) is 0 Å². The van der Waals surface area contributed by atoms with Crippen LogP contribution in [0.25, 0.3) is 0 Å². The van der Waals surface area contributed by atoms with E-state index in [4.69, 9.17) is 4.74 Å². The Labute approximate surface area is 151 Å². The Morgan fingerprint density at radius 1 is 1.04 bits per heavy atom. The summed E-state index contributed by atoms with van der Waals surface area (Å²) in [6.45, 7) is 1.78. The van der Waals surface area contributed by atoms with Gasteiger partial charge in [0.25, 0.3) is 5.91 Å². The molecule has 4 heteroatoms. The molecule has 1 saturated heterocycles. The summed E-state index contributed by atoms with van der Waals surface area (Å²) in [6, 6.07) is 18.2. The van der Waals surface area contributed by atoms with Crippen molar-refractivity contribution in [3.63, 3.8) is 0 Å². The SMILES string of the molecule is O=C(COc1ccc(Br)cc1)N1CCC(Cc2ccccc2)CC1. The molecule has 0 N–H and O–H groups in total. The molecule has 0 aliphatic carbocycles. The van der Waals surface area contributed by atoms with Crippen molar-refractivity contribution in [2.24, 2.45) is 5.92 Å². The number of amides is 1. The van der Waals surface area contributed by atoms with E-state index < -0.39 is 0 Å². The summed E-state index contributed by atoms with van der Waals surface area (Å²) in [5, 5.41) is 0. The molecule has 3 rings (SSSR count). The monoisotopic (exact) mass is 387 g/mol. The van der Waals surface area contributed by atoms with Crippen molar-refractivity contribution in [2.75, 3.05) is 19.7 Å². The molecule has 24 heavy (non-hydrogen) atoms. The highest BCUT2D eigenvalue weighted by Gasteiger charge is 2.23. The molecule has 1 amide bonds. The maximum absolute atomic E-state index is 12.3. The van der Waals surface area contributed by atoms with Crippen LogP contribution in [0.1, 0.15) is 18.4 Å². The maximum Gasteiger partial charge on any atom is 0.260 e. The molecule has 0 atom stereocenters. The van der Waals surface area contributed by atoms with Crippen LogP contribution in [0, 0.1) is 5.92 Å². The number of halogens is 1. The fraction of sp³-hybridized carbons (Fsp3) is 0.350. The first-order valence-corrected chi connectivity index (χ1v) is 9.20. The zero-order valence-electron chi connectivity index (χ0n) is 13.7. The number of hydrogen-bond donors (Lipinski definition) is 0. The second kappa shape index (κ2) is 8.34. The molecule has 1 aliphatic heterocycles. The maximum atomic E-state index is 12.3. The normalized spacial score (nSPS) is 15.3. The molecular formula is C20H22BrNO2. The van der Waals surface area contributed by atoms with Gasteiger partial charge in [-0.3, -0.25) is 4.79 Å². The van der Waals surface area contributed by atoms with Gasteiger partial charge in [-0.2, -0.15) is 0 Å². The van der Waals surface area contributed by atoms with Gasteiger partial charge in [0.1, 0.15) is 5.75 Å². The van der Waals surface area contributed by atoms with Crippen molar-refractivity contribution in [1.29, 1.82) is 0 Å². The molecule has 0 spiro atoms. The van der Waals surface area contributed by atoms with Crippen LogP contribution in [0.5, 0.6) is 5.75 Å². The molecule has 0 radical (unpaired) electrons. The minimum atomic E-state index is 0.0797. The van der Waals surface area contributed by atoms with Crippen LogP contribution in [0.15, 0.2) is 59.1 Å². The molecule has 126 valence electrons. The third-order valence-electron chi connectivity index (χ3n) is 4.51. The Balaban J connectivity index is 1.42. The van der Waals surface area contributed by atoms with Crippen LogP contribution in [0.2, 0.25) is 0 Å². The number of benzene rings is 2. The van der Waals surface area contributed by atoms with Crippen LogP contribution in [-0.2, 0) is 11.2 Å². The Morgan fingerprint density at radius 2 is 1.71 bits per heavy atom. The number of piperidine rings is 1. The van der Waals surface area contributed by atoms with Gasteiger partial charge in [0.2, 0.25) is 0 Å². The largest absolute Gasteiger partial charge is 0.484 e. The highest BCUT2D eigenvalue weighted by atomic mass is 79.9. The summed E-state index contributed by atoms with van der Waals surface area (Å²) in [7, 11) is 0. The minimum absolute atomic E-state index is 0.0797. The lowest BCUT2D eigenvalue weighted by molar-refractivity contribution is -0.134. The van der Waals surface area contributed by atoms with Crippen LogP contribution < -0.4 is 4.74 Å². The molecule has 2 aromatic rings. The molecule has 3 nitrogen and oxygen atoms in total. The second-order valence-corrected chi connectivity index (χ2v) is 7.17. The Bertz CT molecular complexity index is 649. The Morgan fingerprint density at radius 3 is 2.38 bits per heavy atom. The van der Waals surface area contributed by atoms with Crippen molar-refractivity contribution in [3.05, 3.63) is 64.6 Å². The highest BCUT2D eigenvalue weighted by molar-refractivity contribution is 9.10. The second-order valence-electron chi connectivity index (χ2n) is 6.26. The van der Waals surface area contributed by atoms with Gasteiger partial charge in [0.05, 0.1) is 0 Å². The van der Waals surface area contributed by atoms with Crippen molar-refractivity contribution in [1.82, 2.24) is 4.90 Å². The van der Waals surface area contributed by atoms with Crippen LogP contribution >= 0.6 is 15.9 Å². The summed E-state index contributed by atoms with van der Waals surface area (Å²) >= 11 is 3.39. The molecule has 0 saturated carbocycles. The number of carbonyl (C=O) groups excluding carboxylic acids is 1. The van der Waals surface area contributed by atoms with Gasteiger partial charge in [0, 0.05) is 17.6 Å². The zero-order chi connectivity index (χ0) is 16.8. The predicted molar refractivity (Wildman–Crippen MR) is 99.1 cm³/mol. The summed E-state index contributed by atoms with van der Waals surface area (Å²) in [5.74, 6) is 1.48. The number of hydrogen-bond acceptors (Lipinski definition) is 2. The Hall–Kier alpha value is -1.81. The molecule has 0 aromatic heterocycles. The van der Waals surface area contributed by atoms with Gasteiger partial charge >= 0.3 is 0 Å². The van der Waals surface area contributed by atoms with Gasteiger partial charge in [-0.25, -0.2) is 0 Å². The molecule has 0 unspecified atom stereocenters. The average Bonchev–Trinajstić information content (AvgIpc) is 2.62. The van der Waals surface area contributed by atoms with Gasteiger partial charge in [-0.05, 0) is 55.0 Å². The lowest BCUT2D eigenvalue weighted by Gasteiger charge is -2.32.